The van der Waals surface area contributed by atoms with E-state index in [1.165, 1.54) is 0 Å². The van der Waals surface area contributed by atoms with Crippen LogP contribution in [0.3, 0.4) is 0 Å². The van der Waals surface area contributed by atoms with Crippen LogP contribution >= 0.6 is 11.6 Å². The lowest BCUT2D eigenvalue weighted by Crippen LogP contribution is -1.82. The lowest BCUT2D eigenvalue weighted by Gasteiger charge is -1.89. The number of hydrogen-bond acceptors (Lipinski definition) is 2. The molecule has 0 atom stereocenters. The zero-order chi connectivity index (χ0) is 9.52. The molecule has 0 radical (unpaired) electrons. The summed E-state index contributed by atoms with van der Waals surface area (Å²) in [5.74, 6) is 6.31. The van der Waals surface area contributed by atoms with Gasteiger partial charge in [0, 0.05) is 24.1 Å². The summed E-state index contributed by atoms with van der Waals surface area (Å²) in [5.41, 5.74) is 1.19. The van der Waals surface area contributed by atoms with Crippen LogP contribution in [-0.4, -0.2) is 10.9 Å². The van der Waals surface area contributed by atoms with E-state index in [-0.39, 0.29) is 0 Å². The molecule has 1 rings (SSSR count). The number of nitriles is 1. The summed E-state index contributed by atoms with van der Waals surface area (Å²) in [4.78, 5) is 3.83. The monoisotopic (exact) mass is 190 g/mol. The molecule has 0 saturated heterocycles. The highest BCUT2D eigenvalue weighted by Gasteiger charge is 1.91. The molecule has 0 fully saturated rings. The Morgan fingerprint density at radius 1 is 1.54 bits per heavy atom. The van der Waals surface area contributed by atoms with E-state index in [9.17, 15) is 0 Å². The number of pyridine rings is 1. The Morgan fingerprint density at radius 2 is 2.38 bits per heavy atom. The molecule has 1 heterocycles. The predicted molar refractivity (Wildman–Crippen MR) is 51.2 cm³/mol. The lowest BCUT2D eigenvalue weighted by molar-refractivity contribution is 1.25. The van der Waals surface area contributed by atoms with Crippen LogP contribution in [0.4, 0.5) is 0 Å². The van der Waals surface area contributed by atoms with Crippen molar-refractivity contribution in [2.24, 2.45) is 0 Å². The maximum absolute atomic E-state index is 8.55. The first-order valence-corrected chi connectivity index (χ1v) is 4.31. The van der Waals surface area contributed by atoms with Gasteiger partial charge in [-0.05, 0) is 12.1 Å². The van der Waals surface area contributed by atoms with Crippen molar-refractivity contribution >= 4 is 11.6 Å². The Hall–Kier alpha value is -1.51. The number of aromatic nitrogens is 1. The summed E-state index contributed by atoms with van der Waals surface area (Å²) < 4.78 is 0. The van der Waals surface area contributed by atoms with Crippen molar-refractivity contribution in [2.75, 3.05) is 5.88 Å². The molecule has 0 spiro atoms. The van der Waals surface area contributed by atoms with E-state index in [4.69, 9.17) is 16.9 Å². The van der Waals surface area contributed by atoms with Crippen molar-refractivity contribution in [3.63, 3.8) is 0 Å². The van der Waals surface area contributed by atoms with Crippen molar-refractivity contribution in [1.82, 2.24) is 4.98 Å². The van der Waals surface area contributed by atoms with Crippen LogP contribution < -0.4 is 0 Å². The quantitative estimate of drug-likeness (QED) is 0.501. The Morgan fingerprint density at radius 3 is 3.08 bits per heavy atom. The third kappa shape index (κ3) is 3.15. The second-order valence-corrected chi connectivity index (χ2v) is 2.66. The summed E-state index contributed by atoms with van der Waals surface area (Å²) in [6, 6.07) is 5.37. The molecule has 0 saturated carbocycles. The van der Waals surface area contributed by atoms with Gasteiger partial charge in [0.25, 0.3) is 0 Å². The maximum Gasteiger partial charge on any atom is 0.141 e. The predicted octanol–water partition coefficient (Wildman–Crippen LogP) is 1.93. The second-order valence-electron chi connectivity index (χ2n) is 2.28. The van der Waals surface area contributed by atoms with Gasteiger partial charge >= 0.3 is 0 Å². The van der Waals surface area contributed by atoms with Gasteiger partial charge in [0.1, 0.15) is 11.8 Å². The van der Waals surface area contributed by atoms with E-state index in [2.05, 4.69) is 16.8 Å². The van der Waals surface area contributed by atoms with Crippen LogP contribution in [0.2, 0.25) is 0 Å². The van der Waals surface area contributed by atoms with Gasteiger partial charge in [-0.25, -0.2) is 4.98 Å². The molecule has 13 heavy (non-hydrogen) atoms. The van der Waals surface area contributed by atoms with Crippen molar-refractivity contribution in [3.05, 3.63) is 29.6 Å². The number of halogens is 1. The normalized spacial score (nSPS) is 8.31. The Kier molecular flexibility index (Phi) is 3.82. The smallest absolute Gasteiger partial charge is 0.141 e. The first-order chi connectivity index (χ1) is 6.36. The minimum absolute atomic E-state index is 0.387. The minimum atomic E-state index is 0.387. The summed E-state index contributed by atoms with van der Waals surface area (Å²) in [7, 11) is 0. The number of alkyl halides is 1. The van der Waals surface area contributed by atoms with Crippen molar-refractivity contribution in [2.45, 2.75) is 6.42 Å². The van der Waals surface area contributed by atoms with Gasteiger partial charge in [-0.2, -0.15) is 5.26 Å². The summed E-state index contributed by atoms with van der Waals surface area (Å²) >= 11 is 5.46. The highest BCUT2D eigenvalue weighted by molar-refractivity contribution is 6.18. The number of rotatable bonds is 1. The molecule has 3 heteroatoms. The first-order valence-electron chi connectivity index (χ1n) is 3.78. The van der Waals surface area contributed by atoms with Gasteiger partial charge in [0.15, 0.2) is 0 Å². The highest BCUT2D eigenvalue weighted by Crippen LogP contribution is 1.98. The Labute approximate surface area is 82.2 Å². The Balaban J connectivity index is 2.81. The standard InChI is InChI=1S/C10H7ClN2/c11-5-2-1-3-9-4-6-13-10(7-9)8-12/h4,6-7H,2,5H2. The average Bonchev–Trinajstić information content (AvgIpc) is 2.19. The lowest BCUT2D eigenvalue weighted by atomic mass is 10.2. The van der Waals surface area contributed by atoms with Gasteiger partial charge < -0.3 is 0 Å². The molecule has 0 bridgehead atoms. The molecule has 0 aromatic carbocycles. The van der Waals surface area contributed by atoms with Crippen LogP contribution in [0.1, 0.15) is 17.7 Å². The topological polar surface area (TPSA) is 36.7 Å². The van der Waals surface area contributed by atoms with Crippen LogP contribution in [0.15, 0.2) is 18.3 Å². The molecule has 0 aliphatic rings. The molecule has 64 valence electrons. The summed E-state index contributed by atoms with van der Waals surface area (Å²) in [6.07, 6.45) is 2.23. The molecule has 2 nitrogen and oxygen atoms in total. The average molecular weight is 191 g/mol. The zero-order valence-corrected chi connectivity index (χ0v) is 7.67. The molecule has 0 aliphatic carbocycles. The zero-order valence-electron chi connectivity index (χ0n) is 6.92. The number of hydrogen-bond donors (Lipinski definition) is 0. The van der Waals surface area contributed by atoms with E-state index in [0.29, 0.717) is 18.0 Å². The maximum atomic E-state index is 8.55. The molecule has 0 N–H and O–H groups in total. The van der Waals surface area contributed by atoms with Gasteiger partial charge in [-0.3, -0.25) is 0 Å². The Bertz CT molecular complexity index is 382. The van der Waals surface area contributed by atoms with Crippen LogP contribution in [-0.2, 0) is 0 Å². The molecule has 0 unspecified atom stereocenters. The van der Waals surface area contributed by atoms with Gasteiger partial charge in [0.05, 0.1) is 0 Å². The van der Waals surface area contributed by atoms with Crippen molar-refractivity contribution in [3.8, 4) is 17.9 Å². The fourth-order valence-corrected chi connectivity index (χ4v) is 0.876. The van der Waals surface area contributed by atoms with Crippen LogP contribution in [0.5, 0.6) is 0 Å². The minimum Gasteiger partial charge on any atom is -0.245 e. The molecule has 0 amide bonds. The number of nitrogens with zero attached hydrogens (tertiary/aromatic N) is 2. The SMILES string of the molecule is N#Cc1cc(C#CCCCl)ccn1. The molecular formula is C10H7ClN2. The molecular weight excluding hydrogens is 184 g/mol. The molecule has 1 aromatic rings. The van der Waals surface area contributed by atoms with Gasteiger partial charge in [-0.1, -0.05) is 11.8 Å². The molecule has 0 aliphatic heterocycles. The van der Waals surface area contributed by atoms with E-state index in [1.807, 2.05) is 6.07 Å². The highest BCUT2D eigenvalue weighted by atomic mass is 35.5. The third-order valence-corrected chi connectivity index (χ3v) is 1.52. The fourth-order valence-electron chi connectivity index (χ4n) is 0.781. The van der Waals surface area contributed by atoms with E-state index < -0.39 is 0 Å². The van der Waals surface area contributed by atoms with E-state index >= 15 is 0 Å². The third-order valence-electron chi connectivity index (χ3n) is 1.33. The van der Waals surface area contributed by atoms with Crippen molar-refractivity contribution in [1.29, 1.82) is 5.26 Å². The summed E-state index contributed by atoms with van der Waals surface area (Å²) in [5, 5.41) is 8.55. The van der Waals surface area contributed by atoms with Gasteiger partial charge in [-0.15, -0.1) is 11.6 Å². The largest absolute Gasteiger partial charge is 0.245 e. The first kappa shape index (κ1) is 9.58. The van der Waals surface area contributed by atoms with Gasteiger partial charge in [0.2, 0.25) is 0 Å². The second kappa shape index (κ2) is 5.19. The van der Waals surface area contributed by atoms with Crippen LogP contribution in [0, 0.1) is 23.2 Å². The molecule has 1 aromatic heterocycles. The van der Waals surface area contributed by atoms with E-state index in [1.54, 1.807) is 18.3 Å². The van der Waals surface area contributed by atoms with Crippen LogP contribution in [0.25, 0.3) is 0 Å². The summed E-state index contributed by atoms with van der Waals surface area (Å²) in [6.45, 7) is 0. The van der Waals surface area contributed by atoms with Crippen molar-refractivity contribution < 1.29 is 0 Å². The fraction of sp³-hybridized carbons (Fsp3) is 0.200. The van der Waals surface area contributed by atoms with E-state index in [0.717, 1.165) is 5.56 Å².